The Bertz CT molecular complexity index is 675. The van der Waals surface area contributed by atoms with Gasteiger partial charge in [-0.3, -0.25) is 4.79 Å². The molecule has 1 amide bonds. The molecule has 1 aliphatic rings. The Morgan fingerprint density at radius 2 is 2.17 bits per heavy atom. The summed E-state index contributed by atoms with van der Waals surface area (Å²) >= 11 is 0. The molecule has 0 unspecified atom stereocenters. The molecule has 0 spiro atoms. The van der Waals surface area contributed by atoms with E-state index in [1.54, 1.807) is 24.1 Å². The van der Waals surface area contributed by atoms with E-state index >= 15 is 0 Å². The van der Waals surface area contributed by atoms with Crippen molar-refractivity contribution in [3.05, 3.63) is 47.3 Å². The number of aryl methyl sites for hydroxylation is 1. The summed E-state index contributed by atoms with van der Waals surface area (Å²) in [5.41, 5.74) is 1.35. The smallest absolute Gasteiger partial charge is 0.253 e. The summed E-state index contributed by atoms with van der Waals surface area (Å²) in [5, 5.41) is 3.91. The summed E-state index contributed by atoms with van der Waals surface area (Å²) in [6.45, 7) is 3.61. The van der Waals surface area contributed by atoms with Gasteiger partial charge in [-0.2, -0.15) is 0 Å². The van der Waals surface area contributed by atoms with Crippen LogP contribution in [0.2, 0.25) is 0 Å². The lowest BCUT2D eigenvalue weighted by Crippen LogP contribution is -2.26. The second-order valence-corrected chi connectivity index (χ2v) is 6.06. The van der Waals surface area contributed by atoms with Crippen LogP contribution in [0.15, 0.2) is 34.9 Å². The highest BCUT2D eigenvalue weighted by Crippen LogP contribution is 2.17. The van der Waals surface area contributed by atoms with Gasteiger partial charge in [0.25, 0.3) is 5.91 Å². The summed E-state index contributed by atoms with van der Waals surface area (Å²) in [7, 11) is 1.74. The van der Waals surface area contributed by atoms with Gasteiger partial charge in [-0.15, -0.1) is 0 Å². The Balaban J connectivity index is 1.54. The van der Waals surface area contributed by atoms with Crippen LogP contribution in [0.1, 0.15) is 34.7 Å². The molecule has 0 saturated carbocycles. The lowest BCUT2D eigenvalue weighted by Gasteiger charge is -2.16. The van der Waals surface area contributed by atoms with Gasteiger partial charge < -0.3 is 18.9 Å². The third kappa shape index (κ3) is 4.14. The summed E-state index contributed by atoms with van der Waals surface area (Å²) in [6.07, 6.45) is 2.32. The van der Waals surface area contributed by atoms with Crippen LogP contribution in [-0.4, -0.2) is 42.3 Å². The fraction of sp³-hybridized carbons (Fsp3) is 0.444. The molecule has 3 rings (SSSR count). The van der Waals surface area contributed by atoms with Crippen molar-refractivity contribution in [1.29, 1.82) is 0 Å². The van der Waals surface area contributed by atoms with Crippen LogP contribution in [0, 0.1) is 6.92 Å². The van der Waals surface area contributed by atoms with Gasteiger partial charge in [0.05, 0.1) is 12.6 Å². The van der Waals surface area contributed by atoms with Crippen molar-refractivity contribution in [2.24, 2.45) is 0 Å². The molecule has 0 radical (unpaired) electrons. The number of carbonyl (C=O) groups is 1. The Labute approximate surface area is 141 Å². The fourth-order valence-electron chi connectivity index (χ4n) is 2.69. The number of amides is 1. The Hall–Kier alpha value is -2.34. The highest BCUT2D eigenvalue weighted by atomic mass is 16.5. The van der Waals surface area contributed by atoms with E-state index in [9.17, 15) is 4.79 Å². The molecule has 2 heterocycles. The molecule has 1 aromatic carbocycles. The van der Waals surface area contributed by atoms with Gasteiger partial charge in [-0.05, 0) is 44.0 Å². The van der Waals surface area contributed by atoms with E-state index < -0.39 is 0 Å². The van der Waals surface area contributed by atoms with Gasteiger partial charge in [-0.1, -0.05) is 5.16 Å². The lowest BCUT2D eigenvalue weighted by molar-refractivity contribution is 0.0679. The topological polar surface area (TPSA) is 64.8 Å². The summed E-state index contributed by atoms with van der Waals surface area (Å²) in [6, 6.07) is 9.01. The standard InChI is InChI=1S/C18H22N2O4/c1-13-10-15(19-24-13)11-20(2)18(21)14-5-7-16(8-6-14)23-12-17-4-3-9-22-17/h5-8,10,17H,3-4,9,11-12H2,1-2H3/t17-/m0/s1. The molecule has 1 saturated heterocycles. The van der Waals surface area contributed by atoms with E-state index in [0.717, 1.165) is 36.7 Å². The van der Waals surface area contributed by atoms with Crippen LogP contribution >= 0.6 is 0 Å². The fourth-order valence-corrected chi connectivity index (χ4v) is 2.69. The molecule has 0 aliphatic carbocycles. The quantitative estimate of drug-likeness (QED) is 0.815. The summed E-state index contributed by atoms with van der Waals surface area (Å²) < 4.78 is 16.3. The number of ether oxygens (including phenoxy) is 2. The second-order valence-electron chi connectivity index (χ2n) is 6.06. The van der Waals surface area contributed by atoms with Gasteiger partial charge in [0.15, 0.2) is 0 Å². The summed E-state index contributed by atoms with van der Waals surface area (Å²) in [4.78, 5) is 14.1. The first kappa shape index (κ1) is 16.5. The van der Waals surface area contributed by atoms with E-state index in [-0.39, 0.29) is 12.0 Å². The molecule has 6 heteroatoms. The zero-order valence-electron chi connectivity index (χ0n) is 14.0. The van der Waals surface area contributed by atoms with Crippen LogP contribution in [-0.2, 0) is 11.3 Å². The predicted molar refractivity (Wildman–Crippen MR) is 87.9 cm³/mol. The van der Waals surface area contributed by atoms with E-state index in [0.29, 0.717) is 18.7 Å². The molecular weight excluding hydrogens is 308 g/mol. The molecule has 1 aliphatic heterocycles. The average molecular weight is 330 g/mol. The van der Waals surface area contributed by atoms with Crippen molar-refractivity contribution >= 4 is 5.91 Å². The minimum absolute atomic E-state index is 0.0682. The van der Waals surface area contributed by atoms with Crippen LogP contribution in [0.4, 0.5) is 0 Å². The van der Waals surface area contributed by atoms with Crippen LogP contribution in [0.25, 0.3) is 0 Å². The Morgan fingerprint density at radius 3 is 2.79 bits per heavy atom. The normalized spacial score (nSPS) is 17.0. The highest BCUT2D eigenvalue weighted by Gasteiger charge is 2.17. The van der Waals surface area contributed by atoms with Gasteiger partial charge in [0.2, 0.25) is 0 Å². The number of carbonyl (C=O) groups excluding carboxylic acids is 1. The molecule has 24 heavy (non-hydrogen) atoms. The largest absolute Gasteiger partial charge is 0.491 e. The van der Waals surface area contributed by atoms with Crippen LogP contribution < -0.4 is 4.74 Å². The number of aromatic nitrogens is 1. The summed E-state index contributed by atoms with van der Waals surface area (Å²) in [5.74, 6) is 1.41. The minimum atomic E-state index is -0.0682. The van der Waals surface area contributed by atoms with Crippen molar-refractivity contribution in [3.8, 4) is 5.75 Å². The maximum atomic E-state index is 12.4. The van der Waals surface area contributed by atoms with Crippen molar-refractivity contribution in [1.82, 2.24) is 10.1 Å². The minimum Gasteiger partial charge on any atom is -0.491 e. The predicted octanol–water partition coefficient (Wildman–Crippen LogP) is 2.81. The number of hydrogen-bond donors (Lipinski definition) is 0. The molecule has 2 aromatic rings. The van der Waals surface area contributed by atoms with Gasteiger partial charge in [-0.25, -0.2) is 0 Å². The molecule has 1 atom stereocenters. The maximum absolute atomic E-state index is 12.4. The van der Waals surface area contributed by atoms with Crippen LogP contribution in [0.3, 0.4) is 0 Å². The molecule has 0 N–H and O–H groups in total. The monoisotopic (exact) mass is 330 g/mol. The molecule has 0 bridgehead atoms. The van der Waals surface area contributed by atoms with Crippen molar-refractivity contribution in [2.45, 2.75) is 32.4 Å². The van der Waals surface area contributed by atoms with E-state index in [1.807, 2.05) is 25.1 Å². The zero-order valence-corrected chi connectivity index (χ0v) is 14.0. The molecule has 1 fully saturated rings. The second kappa shape index (κ2) is 7.49. The Kier molecular flexibility index (Phi) is 5.15. The van der Waals surface area contributed by atoms with Gasteiger partial charge >= 0.3 is 0 Å². The molecule has 128 valence electrons. The number of hydrogen-bond acceptors (Lipinski definition) is 5. The van der Waals surface area contributed by atoms with E-state index in [1.165, 1.54) is 0 Å². The third-order valence-corrected chi connectivity index (χ3v) is 3.98. The first-order valence-electron chi connectivity index (χ1n) is 8.14. The molecule has 6 nitrogen and oxygen atoms in total. The molecule has 1 aromatic heterocycles. The van der Waals surface area contributed by atoms with Gasteiger partial charge in [0, 0.05) is 25.3 Å². The number of nitrogens with zero attached hydrogens (tertiary/aromatic N) is 2. The number of benzene rings is 1. The van der Waals surface area contributed by atoms with Crippen LogP contribution in [0.5, 0.6) is 5.75 Å². The SMILES string of the molecule is Cc1cc(CN(C)C(=O)c2ccc(OC[C@@H]3CCCO3)cc2)no1. The molecular formula is C18H22N2O4. The van der Waals surface area contributed by atoms with E-state index in [4.69, 9.17) is 14.0 Å². The maximum Gasteiger partial charge on any atom is 0.253 e. The van der Waals surface area contributed by atoms with Gasteiger partial charge in [0.1, 0.15) is 23.8 Å². The van der Waals surface area contributed by atoms with Crippen molar-refractivity contribution < 1.29 is 18.8 Å². The third-order valence-electron chi connectivity index (χ3n) is 3.98. The lowest BCUT2D eigenvalue weighted by atomic mass is 10.2. The first-order valence-corrected chi connectivity index (χ1v) is 8.14. The Morgan fingerprint density at radius 1 is 1.38 bits per heavy atom. The average Bonchev–Trinajstić information content (AvgIpc) is 3.24. The zero-order chi connectivity index (χ0) is 16.9. The first-order chi connectivity index (χ1) is 11.6. The number of rotatable bonds is 6. The van der Waals surface area contributed by atoms with E-state index in [2.05, 4.69) is 5.16 Å². The van der Waals surface area contributed by atoms with Crippen molar-refractivity contribution in [2.75, 3.05) is 20.3 Å². The highest BCUT2D eigenvalue weighted by molar-refractivity contribution is 5.94. The van der Waals surface area contributed by atoms with Crippen molar-refractivity contribution in [3.63, 3.8) is 0 Å².